The molecule has 0 saturated carbocycles. The van der Waals surface area contributed by atoms with Gasteiger partial charge in [-0.3, -0.25) is 4.79 Å². The van der Waals surface area contributed by atoms with E-state index in [0.29, 0.717) is 13.2 Å². The van der Waals surface area contributed by atoms with Crippen LogP contribution in [0, 0.1) is 5.92 Å². The molecule has 0 radical (unpaired) electrons. The van der Waals surface area contributed by atoms with Crippen molar-refractivity contribution in [1.29, 1.82) is 0 Å². The number of carbonyl (C=O) groups excluding carboxylic acids is 1. The Morgan fingerprint density at radius 2 is 2.04 bits per heavy atom. The molecule has 1 aliphatic heterocycles. The Labute approximate surface area is 144 Å². The van der Waals surface area contributed by atoms with Crippen LogP contribution in [0.25, 0.3) is 0 Å². The normalized spacial score (nSPS) is 18.8. The summed E-state index contributed by atoms with van der Waals surface area (Å²) in [6.07, 6.45) is 4.16. The number of nitrogens with zero attached hydrogens (tertiary/aromatic N) is 2. The van der Waals surface area contributed by atoms with Gasteiger partial charge in [0.25, 0.3) is 0 Å². The van der Waals surface area contributed by atoms with Crippen molar-refractivity contribution in [2.45, 2.75) is 32.4 Å². The van der Waals surface area contributed by atoms with Crippen molar-refractivity contribution in [2.24, 2.45) is 13.0 Å². The van der Waals surface area contributed by atoms with Gasteiger partial charge in [0.05, 0.1) is 25.2 Å². The minimum absolute atomic E-state index is 0.116. The van der Waals surface area contributed by atoms with Crippen LogP contribution in [0.2, 0.25) is 0 Å². The predicted molar refractivity (Wildman–Crippen MR) is 94.4 cm³/mol. The SMILES string of the molecule is CC(COCc1ccccc1)C(=O)N1CCCC1c1cccn1C. The minimum Gasteiger partial charge on any atom is -0.376 e. The number of carbonyl (C=O) groups is 1. The number of hydrogen-bond acceptors (Lipinski definition) is 2. The molecule has 3 rings (SSSR count). The van der Waals surface area contributed by atoms with Crippen LogP contribution >= 0.6 is 0 Å². The fourth-order valence-corrected chi connectivity index (χ4v) is 3.44. The van der Waals surface area contributed by atoms with E-state index < -0.39 is 0 Å². The second kappa shape index (κ2) is 7.67. The van der Waals surface area contributed by atoms with Crippen molar-refractivity contribution >= 4 is 5.91 Å². The van der Waals surface area contributed by atoms with E-state index in [1.165, 1.54) is 5.69 Å². The van der Waals surface area contributed by atoms with Crippen LogP contribution in [-0.2, 0) is 23.2 Å². The number of aromatic nitrogens is 1. The molecule has 1 aromatic carbocycles. The van der Waals surface area contributed by atoms with E-state index >= 15 is 0 Å². The van der Waals surface area contributed by atoms with E-state index in [1.807, 2.05) is 61.5 Å². The highest BCUT2D eigenvalue weighted by Gasteiger charge is 2.33. The van der Waals surface area contributed by atoms with Gasteiger partial charge < -0.3 is 14.2 Å². The van der Waals surface area contributed by atoms with Gasteiger partial charge >= 0.3 is 0 Å². The molecular formula is C20H26N2O2. The molecule has 1 saturated heterocycles. The zero-order valence-electron chi connectivity index (χ0n) is 14.5. The maximum absolute atomic E-state index is 12.8. The minimum atomic E-state index is -0.116. The summed E-state index contributed by atoms with van der Waals surface area (Å²) in [4.78, 5) is 14.9. The summed E-state index contributed by atoms with van der Waals surface area (Å²) in [6.45, 7) is 3.83. The maximum atomic E-state index is 12.8. The first-order chi connectivity index (χ1) is 11.7. The molecule has 4 nitrogen and oxygen atoms in total. The molecule has 2 atom stereocenters. The molecule has 0 spiro atoms. The van der Waals surface area contributed by atoms with Crippen LogP contribution < -0.4 is 0 Å². The van der Waals surface area contributed by atoms with Gasteiger partial charge in [0.1, 0.15) is 0 Å². The second-order valence-corrected chi connectivity index (χ2v) is 6.64. The summed E-state index contributed by atoms with van der Waals surface area (Å²) < 4.78 is 7.88. The van der Waals surface area contributed by atoms with E-state index in [-0.39, 0.29) is 17.9 Å². The number of likely N-dealkylation sites (tertiary alicyclic amines) is 1. The molecule has 1 amide bonds. The maximum Gasteiger partial charge on any atom is 0.228 e. The fourth-order valence-electron chi connectivity index (χ4n) is 3.44. The first-order valence-corrected chi connectivity index (χ1v) is 8.70. The summed E-state index contributed by atoms with van der Waals surface area (Å²) >= 11 is 0. The summed E-state index contributed by atoms with van der Waals surface area (Å²) in [5, 5.41) is 0. The third-order valence-electron chi connectivity index (χ3n) is 4.76. The highest BCUT2D eigenvalue weighted by atomic mass is 16.5. The number of benzene rings is 1. The number of hydrogen-bond donors (Lipinski definition) is 0. The number of amides is 1. The molecule has 128 valence electrons. The largest absolute Gasteiger partial charge is 0.376 e. The Balaban J connectivity index is 1.55. The molecule has 4 heteroatoms. The predicted octanol–water partition coefficient (Wildman–Crippen LogP) is 3.54. The van der Waals surface area contributed by atoms with E-state index in [9.17, 15) is 4.79 Å². The van der Waals surface area contributed by atoms with E-state index in [0.717, 1.165) is 24.9 Å². The third-order valence-corrected chi connectivity index (χ3v) is 4.76. The smallest absolute Gasteiger partial charge is 0.228 e. The van der Waals surface area contributed by atoms with Gasteiger partial charge in [-0.05, 0) is 30.5 Å². The van der Waals surface area contributed by atoms with Crippen molar-refractivity contribution < 1.29 is 9.53 Å². The molecular weight excluding hydrogens is 300 g/mol. The Morgan fingerprint density at radius 3 is 2.75 bits per heavy atom. The topological polar surface area (TPSA) is 34.5 Å². The first-order valence-electron chi connectivity index (χ1n) is 8.70. The molecule has 1 aromatic heterocycles. The average Bonchev–Trinajstić information content (AvgIpc) is 3.23. The highest BCUT2D eigenvalue weighted by molar-refractivity contribution is 5.79. The Kier molecular flexibility index (Phi) is 5.36. The lowest BCUT2D eigenvalue weighted by molar-refractivity contribution is -0.138. The van der Waals surface area contributed by atoms with Crippen LogP contribution in [0.3, 0.4) is 0 Å². The Bertz CT molecular complexity index is 665. The molecule has 1 fully saturated rings. The van der Waals surface area contributed by atoms with Gasteiger partial charge in [-0.15, -0.1) is 0 Å². The third kappa shape index (κ3) is 3.70. The Hall–Kier alpha value is -2.07. The molecule has 2 heterocycles. The van der Waals surface area contributed by atoms with Gasteiger partial charge in [-0.2, -0.15) is 0 Å². The number of rotatable bonds is 6. The average molecular weight is 326 g/mol. The van der Waals surface area contributed by atoms with Crippen molar-refractivity contribution in [2.75, 3.05) is 13.2 Å². The van der Waals surface area contributed by atoms with Gasteiger partial charge in [0.15, 0.2) is 0 Å². The van der Waals surface area contributed by atoms with Crippen LogP contribution in [0.15, 0.2) is 48.7 Å². The van der Waals surface area contributed by atoms with Crippen molar-refractivity contribution in [3.63, 3.8) is 0 Å². The molecule has 0 bridgehead atoms. The standard InChI is InChI=1S/C20H26N2O2/c1-16(14-24-15-17-8-4-3-5-9-17)20(23)22-13-7-11-19(22)18-10-6-12-21(18)2/h3-6,8-10,12,16,19H,7,11,13-15H2,1-2H3. The molecule has 0 N–H and O–H groups in total. The fraction of sp³-hybridized carbons (Fsp3) is 0.450. The zero-order valence-corrected chi connectivity index (χ0v) is 14.5. The van der Waals surface area contributed by atoms with Crippen molar-refractivity contribution in [3.05, 3.63) is 59.9 Å². The van der Waals surface area contributed by atoms with E-state index in [2.05, 4.69) is 10.6 Å². The van der Waals surface area contributed by atoms with Gasteiger partial charge in [0, 0.05) is 25.5 Å². The lowest BCUT2D eigenvalue weighted by Gasteiger charge is -2.28. The summed E-state index contributed by atoms with van der Waals surface area (Å²) in [5.41, 5.74) is 2.36. The molecule has 2 unspecified atom stereocenters. The number of ether oxygens (including phenoxy) is 1. The highest BCUT2D eigenvalue weighted by Crippen LogP contribution is 2.33. The summed E-state index contributed by atoms with van der Waals surface area (Å²) in [5.74, 6) is 0.0846. The molecule has 24 heavy (non-hydrogen) atoms. The monoisotopic (exact) mass is 326 g/mol. The first kappa shape index (κ1) is 16.8. The van der Waals surface area contributed by atoms with E-state index in [4.69, 9.17) is 4.74 Å². The van der Waals surface area contributed by atoms with E-state index in [1.54, 1.807) is 0 Å². The lowest BCUT2D eigenvalue weighted by atomic mass is 10.1. The molecule has 2 aromatic rings. The van der Waals surface area contributed by atoms with Crippen molar-refractivity contribution in [3.8, 4) is 0 Å². The van der Waals surface area contributed by atoms with Crippen molar-refractivity contribution in [1.82, 2.24) is 9.47 Å². The Morgan fingerprint density at radius 1 is 1.25 bits per heavy atom. The van der Waals surface area contributed by atoms with Gasteiger partial charge in [0.2, 0.25) is 5.91 Å². The second-order valence-electron chi connectivity index (χ2n) is 6.64. The molecule has 0 aliphatic carbocycles. The van der Waals surface area contributed by atoms with Crippen LogP contribution in [0.1, 0.15) is 37.1 Å². The van der Waals surface area contributed by atoms with Crippen LogP contribution in [-0.4, -0.2) is 28.5 Å². The quantitative estimate of drug-likeness (QED) is 0.814. The summed E-state index contributed by atoms with van der Waals surface area (Å²) in [6, 6.07) is 14.4. The summed E-state index contributed by atoms with van der Waals surface area (Å²) in [7, 11) is 2.04. The van der Waals surface area contributed by atoms with Crippen LogP contribution in [0.4, 0.5) is 0 Å². The van der Waals surface area contributed by atoms with Crippen LogP contribution in [0.5, 0.6) is 0 Å². The lowest BCUT2D eigenvalue weighted by Crippen LogP contribution is -2.36. The zero-order chi connectivity index (χ0) is 16.9. The van der Waals surface area contributed by atoms with Gasteiger partial charge in [-0.25, -0.2) is 0 Å². The number of aryl methyl sites for hydroxylation is 1. The van der Waals surface area contributed by atoms with Gasteiger partial charge in [-0.1, -0.05) is 37.3 Å². The molecule has 1 aliphatic rings.